The van der Waals surface area contributed by atoms with E-state index in [1.54, 1.807) is 11.8 Å². The molecule has 0 spiro atoms. The number of ether oxygens (including phenoxy) is 2. The second kappa shape index (κ2) is 6.78. The van der Waals surface area contributed by atoms with Crippen LogP contribution in [0.2, 0.25) is 0 Å². The van der Waals surface area contributed by atoms with Crippen molar-refractivity contribution < 1.29 is 9.47 Å². The lowest BCUT2D eigenvalue weighted by Crippen LogP contribution is -2.38. The van der Waals surface area contributed by atoms with Gasteiger partial charge in [-0.15, -0.1) is 10.2 Å². The molecule has 0 saturated carbocycles. The van der Waals surface area contributed by atoms with Crippen LogP contribution in [0.15, 0.2) is 5.16 Å². The number of hydrogen-bond acceptors (Lipinski definition) is 6. The number of rotatable bonds is 5. The van der Waals surface area contributed by atoms with Gasteiger partial charge < -0.3 is 14.4 Å². The molecule has 0 amide bonds. The summed E-state index contributed by atoms with van der Waals surface area (Å²) in [7, 11) is 0. The van der Waals surface area contributed by atoms with E-state index in [1.165, 1.54) is 0 Å². The summed E-state index contributed by atoms with van der Waals surface area (Å²) in [6, 6.07) is 0. The lowest BCUT2D eigenvalue weighted by atomic mass is 10.2. The first kappa shape index (κ1) is 14.2. The first-order valence-electron chi connectivity index (χ1n) is 7.38. The smallest absolute Gasteiger partial charge is 0.228 e. The molecule has 0 bridgehead atoms. The van der Waals surface area contributed by atoms with Crippen molar-refractivity contribution in [2.45, 2.75) is 37.6 Å². The Labute approximate surface area is 123 Å². The Morgan fingerprint density at radius 2 is 2.10 bits per heavy atom. The van der Waals surface area contributed by atoms with E-state index in [2.05, 4.69) is 26.6 Å². The molecule has 6 nitrogen and oxygen atoms in total. The number of hydrogen-bond donors (Lipinski definition) is 0. The molecule has 2 aliphatic heterocycles. The Bertz CT molecular complexity index is 428. The highest BCUT2D eigenvalue weighted by Crippen LogP contribution is 2.25. The van der Waals surface area contributed by atoms with Gasteiger partial charge in [-0.2, -0.15) is 0 Å². The highest BCUT2D eigenvalue weighted by molar-refractivity contribution is 7.99. The predicted octanol–water partition coefficient (Wildman–Crippen LogP) is 1.41. The van der Waals surface area contributed by atoms with Crippen LogP contribution in [0.3, 0.4) is 0 Å². The Morgan fingerprint density at radius 3 is 2.80 bits per heavy atom. The summed E-state index contributed by atoms with van der Waals surface area (Å²) < 4.78 is 13.4. The maximum Gasteiger partial charge on any atom is 0.228 e. The lowest BCUT2D eigenvalue weighted by molar-refractivity contribution is 0.0942. The minimum Gasteiger partial charge on any atom is -0.378 e. The second-order valence-corrected chi connectivity index (χ2v) is 6.29. The maximum atomic E-state index is 5.77. The van der Waals surface area contributed by atoms with Crippen LogP contribution in [0.1, 0.15) is 19.8 Å². The largest absolute Gasteiger partial charge is 0.378 e. The SMILES string of the molecule is CCSc1nnc(N2CCOCC2)n1C[C@H]1CCCO1. The average Bonchev–Trinajstić information content (AvgIpc) is 3.12. The maximum absolute atomic E-state index is 5.77. The van der Waals surface area contributed by atoms with Crippen molar-refractivity contribution in [1.29, 1.82) is 0 Å². The topological polar surface area (TPSA) is 52.4 Å². The van der Waals surface area contributed by atoms with Gasteiger partial charge in [0.15, 0.2) is 5.16 Å². The lowest BCUT2D eigenvalue weighted by Gasteiger charge is -2.28. The van der Waals surface area contributed by atoms with Gasteiger partial charge in [-0.05, 0) is 18.6 Å². The summed E-state index contributed by atoms with van der Waals surface area (Å²) in [5.74, 6) is 1.98. The molecular formula is C13H22N4O2S. The van der Waals surface area contributed by atoms with Crippen molar-refractivity contribution in [2.24, 2.45) is 0 Å². The summed E-state index contributed by atoms with van der Waals surface area (Å²) in [5, 5.41) is 9.77. The fraction of sp³-hybridized carbons (Fsp3) is 0.846. The minimum absolute atomic E-state index is 0.307. The molecule has 1 aromatic rings. The number of thioether (sulfide) groups is 1. The first-order valence-corrected chi connectivity index (χ1v) is 8.37. The Morgan fingerprint density at radius 1 is 1.25 bits per heavy atom. The van der Waals surface area contributed by atoms with Gasteiger partial charge >= 0.3 is 0 Å². The van der Waals surface area contributed by atoms with Gasteiger partial charge in [0.2, 0.25) is 5.95 Å². The van der Waals surface area contributed by atoms with Crippen molar-refractivity contribution in [3.8, 4) is 0 Å². The van der Waals surface area contributed by atoms with E-state index in [0.717, 1.165) is 69.2 Å². The van der Waals surface area contributed by atoms with E-state index < -0.39 is 0 Å². The second-order valence-electron chi connectivity index (χ2n) is 5.06. The van der Waals surface area contributed by atoms with Crippen molar-refractivity contribution in [3.63, 3.8) is 0 Å². The number of aromatic nitrogens is 3. The van der Waals surface area contributed by atoms with Crippen LogP contribution in [-0.4, -0.2) is 59.5 Å². The summed E-state index contributed by atoms with van der Waals surface area (Å²) in [5.41, 5.74) is 0. The van der Waals surface area contributed by atoms with Crippen molar-refractivity contribution >= 4 is 17.7 Å². The molecule has 1 atom stereocenters. The van der Waals surface area contributed by atoms with Gasteiger partial charge in [0.1, 0.15) is 0 Å². The Balaban J connectivity index is 1.80. The Kier molecular flexibility index (Phi) is 4.80. The normalized spacial score (nSPS) is 23.4. The van der Waals surface area contributed by atoms with E-state index in [4.69, 9.17) is 9.47 Å². The third-order valence-corrected chi connectivity index (χ3v) is 4.52. The fourth-order valence-electron chi connectivity index (χ4n) is 2.67. The standard InChI is InChI=1S/C13H22N4O2S/c1-2-20-13-15-14-12(16-5-8-18-9-6-16)17(13)10-11-4-3-7-19-11/h11H,2-10H2,1H3/t11-/m1/s1. The molecule has 112 valence electrons. The highest BCUT2D eigenvalue weighted by atomic mass is 32.2. The number of morpholine rings is 1. The van der Waals surface area contributed by atoms with Crippen LogP contribution in [0, 0.1) is 0 Å². The van der Waals surface area contributed by atoms with E-state index in [-0.39, 0.29) is 0 Å². The molecule has 0 aliphatic carbocycles. The third kappa shape index (κ3) is 3.10. The molecule has 3 heterocycles. The average molecular weight is 298 g/mol. The van der Waals surface area contributed by atoms with Crippen LogP contribution >= 0.6 is 11.8 Å². The fourth-order valence-corrected chi connectivity index (χ4v) is 3.33. The molecule has 0 N–H and O–H groups in total. The van der Waals surface area contributed by atoms with Gasteiger partial charge in [-0.1, -0.05) is 18.7 Å². The van der Waals surface area contributed by atoms with E-state index in [1.807, 2.05) is 0 Å². The van der Waals surface area contributed by atoms with Gasteiger partial charge in [-0.3, -0.25) is 4.57 Å². The molecule has 0 radical (unpaired) electrons. The zero-order valence-electron chi connectivity index (χ0n) is 12.0. The monoisotopic (exact) mass is 298 g/mol. The van der Waals surface area contributed by atoms with E-state index in [9.17, 15) is 0 Å². The molecule has 1 aromatic heterocycles. The molecule has 0 unspecified atom stereocenters. The molecule has 3 rings (SSSR count). The number of nitrogens with zero attached hydrogens (tertiary/aromatic N) is 4. The summed E-state index contributed by atoms with van der Waals surface area (Å²) in [6.45, 7) is 7.20. The molecular weight excluding hydrogens is 276 g/mol. The van der Waals surface area contributed by atoms with E-state index in [0.29, 0.717) is 6.10 Å². The van der Waals surface area contributed by atoms with Gasteiger partial charge in [0, 0.05) is 19.7 Å². The first-order chi connectivity index (χ1) is 9.88. The van der Waals surface area contributed by atoms with Crippen molar-refractivity contribution in [3.05, 3.63) is 0 Å². The molecule has 7 heteroatoms. The predicted molar refractivity (Wildman–Crippen MR) is 78.4 cm³/mol. The molecule has 2 fully saturated rings. The molecule has 20 heavy (non-hydrogen) atoms. The zero-order chi connectivity index (χ0) is 13.8. The highest BCUT2D eigenvalue weighted by Gasteiger charge is 2.24. The third-order valence-electron chi connectivity index (χ3n) is 3.67. The zero-order valence-corrected chi connectivity index (χ0v) is 12.8. The minimum atomic E-state index is 0.307. The van der Waals surface area contributed by atoms with Crippen molar-refractivity contribution in [1.82, 2.24) is 14.8 Å². The van der Waals surface area contributed by atoms with Gasteiger partial charge in [0.25, 0.3) is 0 Å². The molecule has 2 aliphatic rings. The molecule has 2 saturated heterocycles. The van der Waals surface area contributed by atoms with Crippen LogP contribution < -0.4 is 4.90 Å². The quantitative estimate of drug-likeness (QED) is 0.766. The van der Waals surface area contributed by atoms with E-state index >= 15 is 0 Å². The van der Waals surface area contributed by atoms with Crippen LogP contribution in [-0.2, 0) is 16.0 Å². The Hall–Kier alpha value is -0.790. The summed E-state index contributed by atoms with van der Waals surface area (Å²) in [6.07, 6.45) is 2.61. The summed E-state index contributed by atoms with van der Waals surface area (Å²) >= 11 is 1.75. The van der Waals surface area contributed by atoms with Gasteiger partial charge in [-0.25, -0.2) is 0 Å². The number of anilines is 1. The summed E-state index contributed by atoms with van der Waals surface area (Å²) in [4.78, 5) is 2.27. The van der Waals surface area contributed by atoms with Crippen LogP contribution in [0.25, 0.3) is 0 Å². The van der Waals surface area contributed by atoms with Crippen LogP contribution in [0.4, 0.5) is 5.95 Å². The molecule has 0 aromatic carbocycles. The van der Waals surface area contributed by atoms with Gasteiger partial charge in [0.05, 0.1) is 25.9 Å². The van der Waals surface area contributed by atoms with Crippen LogP contribution in [0.5, 0.6) is 0 Å². The van der Waals surface area contributed by atoms with Crippen molar-refractivity contribution in [2.75, 3.05) is 43.6 Å².